The number of ether oxygens (including phenoxy) is 1. The maximum absolute atomic E-state index is 12.3. The summed E-state index contributed by atoms with van der Waals surface area (Å²) in [5.41, 5.74) is 2.57. The van der Waals surface area contributed by atoms with Gasteiger partial charge in [0, 0.05) is 12.7 Å². The number of hydrogen-bond donors (Lipinski definition) is 1. The van der Waals surface area contributed by atoms with Gasteiger partial charge in [-0.1, -0.05) is 36.4 Å². The van der Waals surface area contributed by atoms with E-state index >= 15 is 0 Å². The molecule has 1 fully saturated rings. The normalized spacial score (nSPS) is 17.6. The van der Waals surface area contributed by atoms with E-state index in [2.05, 4.69) is 10.3 Å². The summed E-state index contributed by atoms with van der Waals surface area (Å²) in [5, 5.41) is 2.81. The minimum absolute atomic E-state index is 0.210. The highest BCUT2D eigenvalue weighted by molar-refractivity contribution is 6.56. The molecule has 1 aromatic carbocycles. The van der Waals surface area contributed by atoms with E-state index in [1.807, 2.05) is 83.2 Å². The average molecular weight is 408 g/mol. The van der Waals surface area contributed by atoms with Gasteiger partial charge in [-0.25, -0.2) is 4.79 Å². The Bertz CT molecular complexity index is 896. The van der Waals surface area contributed by atoms with Crippen LogP contribution in [-0.2, 0) is 20.7 Å². The van der Waals surface area contributed by atoms with Crippen molar-refractivity contribution in [2.24, 2.45) is 0 Å². The second-order valence-electron chi connectivity index (χ2n) is 8.43. The molecule has 6 nitrogen and oxygen atoms in total. The van der Waals surface area contributed by atoms with Crippen LogP contribution in [0.4, 0.5) is 4.79 Å². The molecule has 0 radical (unpaired) electrons. The Morgan fingerprint density at radius 1 is 1.10 bits per heavy atom. The molecular formula is C23H29BN2O4. The molecule has 0 bridgehead atoms. The Morgan fingerprint density at radius 3 is 2.40 bits per heavy atom. The van der Waals surface area contributed by atoms with Crippen molar-refractivity contribution >= 4 is 19.3 Å². The Morgan fingerprint density at radius 2 is 1.77 bits per heavy atom. The number of nitrogens with zero attached hydrogens (tertiary/aromatic N) is 1. The summed E-state index contributed by atoms with van der Waals surface area (Å²) in [6.45, 7) is 10.4. The van der Waals surface area contributed by atoms with Crippen LogP contribution in [-0.4, -0.2) is 35.9 Å². The Kier molecular flexibility index (Phi) is 6.63. The Labute approximate surface area is 178 Å². The molecule has 0 saturated carbocycles. The van der Waals surface area contributed by atoms with E-state index in [-0.39, 0.29) is 13.2 Å². The maximum atomic E-state index is 12.3. The molecule has 2 heterocycles. The molecule has 3 rings (SSSR count). The van der Waals surface area contributed by atoms with E-state index in [9.17, 15) is 4.79 Å². The quantitative estimate of drug-likeness (QED) is 0.721. The van der Waals surface area contributed by atoms with Gasteiger partial charge in [0.05, 0.1) is 16.9 Å². The van der Waals surface area contributed by atoms with Crippen molar-refractivity contribution in [2.45, 2.75) is 52.4 Å². The smallest absolute Gasteiger partial charge is 0.445 e. The minimum atomic E-state index is -0.592. The molecular weight excluding hydrogens is 379 g/mol. The third-order valence-electron chi connectivity index (χ3n) is 5.58. The van der Waals surface area contributed by atoms with E-state index in [0.717, 1.165) is 22.3 Å². The zero-order chi connectivity index (χ0) is 21.8. The van der Waals surface area contributed by atoms with Gasteiger partial charge in [-0.2, -0.15) is 0 Å². The second kappa shape index (κ2) is 9.02. The summed E-state index contributed by atoms with van der Waals surface area (Å²) < 4.78 is 17.7. The number of aromatic nitrogens is 1. The number of alkyl carbamates (subject to hydrolysis) is 1. The molecule has 1 aliphatic rings. The number of aryl methyl sites for hydroxylation is 1. The van der Waals surface area contributed by atoms with E-state index in [4.69, 9.17) is 14.0 Å². The lowest BCUT2D eigenvalue weighted by Crippen LogP contribution is -2.41. The molecule has 7 heteroatoms. The summed E-state index contributed by atoms with van der Waals surface area (Å²) >= 11 is 0. The molecule has 1 amide bonds. The van der Waals surface area contributed by atoms with Crippen molar-refractivity contribution in [2.75, 3.05) is 6.54 Å². The van der Waals surface area contributed by atoms with Crippen molar-refractivity contribution in [3.05, 3.63) is 71.0 Å². The van der Waals surface area contributed by atoms with Gasteiger partial charge in [-0.15, -0.1) is 0 Å². The van der Waals surface area contributed by atoms with Crippen LogP contribution in [0.5, 0.6) is 0 Å². The van der Waals surface area contributed by atoms with E-state index in [1.165, 1.54) is 0 Å². The van der Waals surface area contributed by atoms with Crippen LogP contribution in [0.15, 0.2) is 54.1 Å². The first kappa shape index (κ1) is 22.1. The predicted octanol–water partition coefficient (Wildman–Crippen LogP) is 4.33. The van der Waals surface area contributed by atoms with Gasteiger partial charge < -0.3 is 19.4 Å². The average Bonchev–Trinajstić information content (AvgIpc) is 2.92. The molecule has 158 valence electrons. The Balaban J connectivity index is 1.72. The SMILES string of the molecule is Cc1cccnc1C=C(CNC(=O)OCc1ccccc1)B1OC(C)(C)C(C)(C)O1. The molecule has 1 saturated heterocycles. The molecule has 0 aliphatic carbocycles. The van der Waals surface area contributed by atoms with Crippen LogP contribution in [0.2, 0.25) is 0 Å². The minimum Gasteiger partial charge on any atom is -0.445 e. The van der Waals surface area contributed by atoms with Crippen molar-refractivity contribution in [1.29, 1.82) is 0 Å². The summed E-state index contributed by atoms with van der Waals surface area (Å²) in [6.07, 6.45) is 3.15. The second-order valence-corrected chi connectivity index (χ2v) is 8.43. The Hall–Kier alpha value is -2.64. The van der Waals surface area contributed by atoms with Crippen LogP contribution in [0.1, 0.15) is 44.5 Å². The third-order valence-corrected chi connectivity index (χ3v) is 5.58. The lowest BCUT2D eigenvalue weighted by atomic mass is 9.77. The highest BCUT2D eigenvalue weighted by Crippen LogP contribution is 2.38. The number of rotatable bonds is 6. The molecule has 0 unspecified atom stereocenters. The monoisotopic (exact) mass is 408 g/mol. The fraction of sp³-hybridized carbons (Fsp3) is 0.391. The lowest BCUT2D eigenvalue weighted by Gasteiger charge is -2.32. The first-order valence-corrected chi connectivity index (χ1v) is 10.1. The highest BCUT2D eigenvalue weighted by atomic mass is 16.7. The number of amides is 1. The van der Waals surface area contributed by atoms with Gasteiger partial charge in [0.1, 0.15) is 6.61 Å². The van der Waals surface area contributed by atoms with E-state index < -0.39 is 24.4 Å². The summed E-state index contributed by atoms with van der Waals surface area (Å²) in [5.74, 6) is 0. The van der Waals surface area contributed by atoms with E-state index in [1.54, 1.807) is 6.20 Å². The van der Waals surface area contributed by atoms with Crippen molar-refractivity contribution in [3.8, 4) is 0 Å². The number of hydrogen-bond acceptors (Lipinski definition) is 5. The summed E-state index contributed by atoms with van der Waals surface area (Å²) in [7, 11) is -0.592. The largest absolute Gasteiger partial charge is 0.492 e. The molecule has 1 aliphatic heterocycles. The standard InChI is InChI=1S/C23H29BN2O4/c1-17-10-9-13-25-20(17)14-19(24-29-22(2,3)23(4,5)30-24)15-26-21(27)28-16-18-11-7-6-8-12-18/h6-14H,15-16H2,1-5H3,(H,26,27). The van der Waals surface area contributed by atoms with E-state index in [0.29, 0.717) is 0 Å². The summed E-state index contributed by atoms with van der Waals surface area (Å²) in [6, 6.07) is 13.4. The van der Waals surface area contributed by atoms with Gasteiger partial charge in [0.15, 0.2) is 0 Å². The first-order valence-electron chi connectivity index (χ1n) is 10.1. The number of carbonyl (C=O) groups excluding carboxylic acids is 1. The van der Waals surface area contributed by atoms with Crippen molar-refractivity contribution in [3.63, 3.8) is 0 Å². The predicted molar refractivity (Wildman–Crippen MR) is 118 cm³/mol. The molecule has 0 atom stereocenters. The topological polar surface area (TPSA) is 69.7 Å². The molecule has 2 aromatic rings. The van der Waals surface area contributed by atoms with Crippen molar-refractivity contribution in [1.82, 2.24) is 10.3 Å². The highest BCUT2D eigenvalue weighted by Gasteiger charge is 2.52. The number of benzene rings is 1. The van der Waals surface area contributed by atoms with Crippen LogP contribution in [0, 0.1) is 6.92 Å². The summed E-state index contributed by atoms with van der Waals surface area (Å²) in [4.78, 5) is 16.7. The first-order chi connectivity index (χ1) is 14.2. The maximum Gasteiger partial charge on any atom is 0.492 e. The third kappa shape index (κ3) is 5.29. The van der Waals surface area contributed by atoms with Crippen LogP contribution in [0.25, 0.3) is 6.08 Å². The van der Waals surface area contributed by atoms with Gasteiger partial charge in [0.25, 0.3) is 0 Å². The van der Waals surface area contributed by atoms with Gasteiger partial charge in [-0.3, -0.25) is 4.98 Å². The molecule has 1 N–H and O–H groups in total. The van der Waals surface area contributed by atoms with Crippen LogP contribution in [0.3, 0.4) is 0 Å². The fourth-order valence-electron chi connectivity index (χ4n) is 2.97. The van der Waals surface area contributed by atoms with Crippen molar-refractivity contribution < 1.29 is 18.8 Å². The molecule has 1 aromatic heterocycles. The fourth-order valence-corrected chi connectivity index (χ4v) is 2.97. The number of carbonyl (C=O) groups is 1. The van der Waals surface area contributed by atoms with Gasteiger partial charge >= 0.3 is 13.2 Å². The zero-order valence-corrected chi connectivity index (χ0v) is 18.3. The molecule has 30 heavy (non-hydrogen) atoms. The zero-order valence-electron chi connectivity index (χ0n) is 18.3. The van der Waals surface area contributed by atoms with Crippen LogP contribution >= 0.6 is 0 Å². The van der Waals surface area contributed by atoms with Crippen LogP contribution < -0.4 is 5.32 Å². The van der Waals surface area contributed by atoms with Gasteiger partial charge in [-0.05, 0) is 63.4 Å². The number of pyridine rings is 1. The molecule has 0 spiro atoms. The number of nitrogens with one attached hydrogen (secondary N) is 1. The lowest BCUT2D eigenvalue weighted by molar-refractivity contribution is 0.00578. The van der Waals surface area contributed by atoms with Gasteiger partial charge in [0.2, 0.25) is 0 Å².